The van der Waals surface area contributed by atoms with Crippen LogP contribution in [0.15, 0.2) is 72.8 Å². The molecule has 35 heavy (non-hydrogen) atoms. The first-order chi connectivity index (χ1) is 16.9. The molecule has 0 unspecified atom stereocenters. The number of carbonyl (C=O) groups excluding carboxylic acids is 3. The van der Waals surface area contributed by atoms with Crippen LogP contribution in [0.1, 0.15) is 45.6 Å². The third-order valence-electron chi connectivity index (χ3n) is 5.96. The average Bonchev–Trinajstić information content (AvgIpc) is 3.17. The second-order valence-electron chi connectivity index (χ2n) is 8.70. The summed E-state index contributed by atoms with van der Waals surface area (Å²) in [7, 11) is 0. The SMILES string of the molecule is CCNC(=O)[C@@H]1[C@H](c2ccc(NC(=O)c3cccc(C)c3)cc2)OC(=O)N1Cc1ccc(C)cc1. The molecule has 180 valence electrons. The number of amides is 3. The van der Waals surface area contributed by atoms with E-state index in [2.05, 4.69) is 10.6 Å². The summed E-state index contributed by atoms with van der Waals surface area (Å²) in [5.41, 5.74) is 4.89. The van der Waals surface area contributed by atoms with Crippen molar-refractivity contribution in [2.24, 2.45) is 0 Å². The minimum atomic E-state index is -0.809. The maximum absolute atomic E-state index is 13.0. The van der Waals surface area contributed by atoms with Gasteiger partial charge in [0.15, 0.2) is 12.1 Å². The minimum Gasteiger partial charge on any atom is -0.438 e. The van der Waals surface area contributed by atoms with Crippen molar-refractivity contribution in [1.29, 1.82) is 0 Å². The molecule has 1 fully saturated rings. The van der Waals surface area contributed by atoms with E-state index in [4.69, 9.17) is 4.74 Å². The van der Waals surface area contributed by atoms with Crippen molar-refractivity contribution in [2.75, 3.05) is 11.9 Å². The first-order valence-corrected chi connectivity index (χ1v) is 11.6. The summed E-state index contributed by atoms with van der Waals surface area (Å²) in [6, 6.07) is 21.4. The van der Waals surface area contributed by atoms with Crippen molar-refractivity contribution in [3.63, 3.8) is 0 Å². The Morgan fingerprint density at radius 2 is 1.66 bits per heavy atom. The van der Waals surface area contributed by atoms with E-state index in [0.717, 1.165) is 16.7 Å². The van der Waals surface area contributed by atoms with Gasteiger partial charge in [0, 0.05) is 17.8 Å². The lowest BCUT2D eigenvalue weighted by molar-refractivity contribution is -0.126. The number of hydrogen-bond donors (Lipinski definition) is 2. The summed E-state index contributed by atoms with van der Waals surface area (Å²) < 4.78 is 5.68. The van der Waals surface area contributed by atoms with Crippen LogP contribution in [0.5, 0.6) is 0 Å². The highest BCUT2D eigenvalue weighted by atomic mass is 16.6. The molecule has 0 aromatic heterocycles. The number of nitrogens with one attached hydrogen (secondary N) is 2. The molecule has 2 atom stereocenters. The molecule has 3 amide bonds. The Morgan fingerprint density at radius 1 is 0.943 bits per heavy atom. The number of ether oxygens (including phenoxy) is 1. The zero-order valence-corrected chi connectivity index (χ0v) is 20.1. The topological polar surface area (TPSA) is 87.7 Å². The largest absolute Gasteiger partial charge is 0.438 e. The van der Waals surface area contributed by atoms with Gasteiger partial charge in [0.05, 0.1) is 6.54 Å². The molecule has 4 rings (SSSR count). The third kappa shape index (κ3) is 5.51. The molecule has 0 bridgehead atoms. The van der Waals surface area contributed by atoms with Crippen molar-refractivity contribution in [1.82, 2.24) is 10.2 Å². The number of anilines is 1. The van der Waals surface area contributed by atoms with Crippen LogP contribution in [-0.2, 0) is 16.1 Å². The van der Waals surface area contributed by atoms with Gasteiger partial charge < -0.3 is 15.4 Å². The molecular formula is C28H29N3O4. The molecule has 3 aromatic carbocycles. The maximum atomic E-state index is 13.0. The van der Waals surface area contributed by atoms with Gasteiger partial charge in [-0.05, 0) is 56.2 Å². The van der Waals surface area contributed by atoms with Gasteiger partial charge in [-0.3, -0.25) is 14.5 Å². The Labute approximate surface area is 205 Å². The highest BCUT2D eigenvalue weighted by molar-refractivity contribution is 6.04. The summed E-state index contributed by atoms with van der Waals surface area (Å²) >= 11 is 0. The fraction of sp³-hybridized carbons (Fsp3) is 0.250. The summed E-state index contributed by atoms with van der Waals surface area (Å²) in [5, 5.41) is 5.70. The Hall–Kier alpha value is -4.13. The molecular weight excluding hydrogens is 442 g/mol. The lowest BCUT2D eigenvalue weighted by Gasteiger charge is -2.24. The Balaban J connectivity index is 1.53. The molecule has 0 aliphatic carbocycles. The quantitative estimate of drug-likeness (QED) is 0.520. The summed E-state index contributed by atoms with van der Waals surface area (Å²) in [6.07, 6.45) is -1.30. The molecule has 7 nitrogen and oxygen atoms in total. The molecule has 1 saturated heterocycles. The number of hydrogen-bond acceptors (Lipinski definition) is 4. The number of likely N-dealkylation sites (N-methyl/N-ethyl adjacent to an activating group) is 1. The number of cyclic esters (lactones) is 1. The molecule has 0 spiro atoms. The second kappa shape index (κ2) is 10.4. The van der Waals surface area contributed by atoms with Crippen molar-refractivity contribution < 1.29 is 19.1 Å². The van der Waals surface area contributed by atoms with Gasteiger partial charge in [-0.1, -0.05) is 59.7 Å². The van der Waals surface area contributed by atoms with E-state index in [1.54, 1.807) is 30.3 Å². The first kappa shape index (κ1) is 24.0. The lowest BCUT2D eigenvalue weighted by Crippen LogP contribution is -2.46. The molecule has 1 heterocycles. The van der Waals surface area contributed by atoms with E-state index in [9.17, 15) is 14.4 Å². The van der Waals surface area contributed by atoms with E-state index in [1.807, 2.05) is 63.2 Å². The van der Waals surface area contributed by atoms with Crippen molar-refractivity contribution in [2.45, 2.75) is 39.5 Å². The van der Waals surface area contributed by atoms with Gasteiger partial charge >= 0.3 is 6.09 Å². The van der Waals surface area contributed by atoms with Gasteiger partial charge in [0.2, 0.25) is 5.91 Å². The fourth-order valence-corrected chi connectivity index (χ4v) is 4.12. The van der Waals surface area contributed by atoms with Crippen LogP contribution < -0.4 is 10.6 Å². The predicted octanol–water partition coefficient (Wildman–Crippen LogP) is 4.75. The summed E-state index contributed by atoms with van der Waals surface area (Å²) in [4.78, 5) is 39.8. The Kier molecular flexibility index (Phi) is 7.15. The Bertz CT molecular complexity index is 1220. The smallest absolute Gasteiger partial charge is 0.411 e. The van der Waals surface area contributed by atoms with Crippen molar-refractivity contribution in [3.8, 4) is 0 Å². The average molecular weight is 472 g/mol. The standard InChI is InChI=1S/C28H29N3O4/c1-4-29-27(33)24-25(35-28(34)31(24)17-20-10-8-18(2)9-11-20)21-12-14-23(15-13-21)30-26(32)22-7-5-6-19(3)16-22/h5-16,24-25H,4,17H2,1-3H3,(H,29,33)(H,30,32)/t24-,25-/m0/s1. The van der Waals surface area contributed by atoms with Crippen LogP contribution in [0.25, 0.3) is 0 Å². The number of nitrogens with zero attached hydrogens (tertiary/aromatic N) is 1. The first-order valence-electron chi connectivity index (χ1n) is 11.6. The van der Waals surface area contributed by atoms with Gasteiger partial charge in [-0.25, -0.2) is 4.79 Å². The van der Waals surface area contributed by atoms with Crippen LogP contribution >= 0.6 is 0 Å². The molecule has 2 N–H and O–H groups in total. The van der Waals surface area contributed by atoms with Gasteiger partial charge in [-0.2, -0.15) is 0 Å². The fourth-order valence-electron chi connectivity index (χ4n) is 4.12. The number of aryl methyl sites for hydroxylation is 2. The van der Waals surface area contributed by atoms with Crippen LogP contribution in [0.2, 0.25) is 0 Å². The number of benzene rings is 3. The van der Waals surface area contributed by atoms with Crippen molar-refractivity contribution >= 4 is 23.6 Å². The highest BCUT2D eigenvalue weighted by Gasteiger charge is 2.46. The van der Waals surface area contributed by atoms with Crippen molar-refractivity contribution in [3.05, 3.63) is 101 Å². The molecule has 1 aliphatic heterocycles. The van der Waals surface area contributed by atoms with E-state index < -0.39 is 18.2 Å². The predicted molar refractivity (Wildman–Crippen MR) is 134 cm³/mol. The van der Waals surface area contributed by atoms with Gasteiger partial charge in [0.1, 0.15) is 0 Å². The van der Waals surface area contributed by atoms with Gasteiger partial charge in [0.25, 0.3) is 5.91 Å². The molecule has 0 radical (unpaired) electrons. The maximum Gasteiger partial charge on any atom is 0.411 e. The van der Waals surface area contributed by atoms with E-state index in [-0.39, 0.29) is 18.4 Å². The van der Waals surface area contributed by atoms with Crippen LogP contribution in [-0.4, -0.2) is 35.4 Å². The zero-order valence-electron chi connectivity index (χ0n) is 20.1. The van der Waals surface area contributed by atoms with E-state index in [0.29, 0.717) is 23.4 Å². The lowest BCUT2D eigenvalue weighted by atomic mass is 10.00. The molecule has 7 heteroatoms. The van der Waals surface area contributed by atoms with E-state index >= 15 is 0 Å². The van der Waals surface area contributed by atoms with Gasteiger partial charge in [-0.15, -0.1) is 0 Å². The van der Waals surface area contributed by atoms with E-state index in [1.165, 1.54) is 4.90 Å². The summed E-state index contributed by atoms with van der Waals surface area (Å²) in [5.74, 6) is -0.481. The zero-order chi connectivity index (χ0) is 24.9. The minimum absolute atomic E-state index is 0.210. The number of rotatable bonds is 7. The highest BCUT2D eigenvalue weighted by Crippen LogP contribution is 2.34. The normalized spacial score (nSPS) is 17.1. The molecule has 3 aromatic rings. The van der Waals surface area contributed by atoms with Crippen LogP contribution in [0, 0.1) is 13.8 Å². The Morgan fingerprint density at radius 3 is 2.31 bits per heavy atom. The number of carbonyl (C=O) groups is 3. The monoisotopic (exact) mass is 471 g/mol. The molecule has 0 saturated carbocycles. The molecule has 1 aliphatic rings. The third-order valence-corrected chi connectivity index (χ3v) is 5.96. The summed E-state index contributed by atoms with van der Waals surface area (Å²) in [6.45, 7) is 6.47. The van der Waals surface area contributed by atoms with Crippen LogP contribution in [0.3, 0.4) is 0 Å². The second-order valence-corrected chi connectivity index (χ2v) is 8.70. The van der Waals surface area contributed by atoms with Crippen LogP contribution in [0.4, 0.5) is 10.5 Å².